The highest BCUT2D eigenvalue weighted by atomic mass is 127. The molecule has 0 fully saturated rings. The van der Waals surface area contributed by atoms with E-state index < -0.39 is 0 Å². The molecule has 1 unspecified atom stereocenters. The van der Waals surface area contributed by atoms with Gasteiger partial charge in [-0.3, -0.25) is 0 Å². The summed E-state index contributed by atoms with van der Waals surface area (Å²) in [5.74, 6) is 0. The molecule has 0 aliphatic heterocycles. The van der Waals surface area contributed by atoms with Crippen LogP contribution in [0.5, 0.6) is 0 Å². The summed E-state index contributed by atoms with van der Waals surface area (Å²) in [4.78, 5) is 0. The molecule has 2 aromatic rings. The molecule has 2 aromatic carbocycles. The van der Waals surface area contributed by atoms with Crippen LogP contribution in [0.1, 0.15) is 23.6 Å². The summed E-state index contributed by atoms with van der Waals surface area (Å²) < 4.78 is 1.26. The first kappa shape index (κ1) is 13.6. The fourth-order valence-corrected chi connectivity index (χ4v) is 2.69. The summed E-state index contributed by atoms with van der Waals surface area (Å²) in [6.45, 7) is 4.22. The van der Waals surface area contributed by atoms with Gasteiger partial charge in [-0.2, -0.15) is 0 Å². The van der Waals surface area contributed by atoms with Crippen LogP contribution in [0.15, 0.2) is 48.5 Å². The van der Waals surface area contributed by atoms with E-state index in [1.807, 2.05) is 0 Å². The second kappa shape index (κ2) is 5.41. The minimum absolute atomic E-state index is 0.321. The molecule has 0 heterocycles. The van der Waals surface area contributed by atoms with Gasteiger partial charge in [0.1, 0.15) is 0 Å². The van der Waals surface area contributed by atoms with Crippen molar-refractivity contribution in [2.75, 3.05) is 0 Å². The highest BCUT2D eigenvalue weighted by Crippen LogP contribution is 2.25. The SMILES string of the molecule is Cc1ccccc1C(C)(N)Cc1ccc(I)cc1. The Bertz CT molecular complexity index is 529. The van der Waals surface area contributed by atoms with E-state index in [4.69, 9.17) is 5.73 Å². The summed E-state index contributed by atoms with van der Waals surface area (Å²) in [6, 6.07) is 16.9. The van der Waals surface area contributed by atoms with E-state index in [9.17, 15) is 0 Å². The topological polar surface area (TPSA) is 26.0 Å². The Kier molecular flexibility index (Phi) is 4.07. The first-order chi connectivity index (χ1) is 8.49. The van der Waals surface area contributed by atoms with E-state index >= 15 is 0 Å². The van der Waals surface area contributed by atoms with Crippen molar-refractivity contribution in [3.63, 3.8) is 0 Å². The van der Waals surface area contributed by atoms with Gasteiger partial charge in [-0.15, -0.1) is 0 Å². The molecule has 0 spiro atoms. The van der Waals surface area contributed by atoms with Crippen molar-refractivity contribution in [1.29, 1.82) is 0 Å². The summed E-state index contributed by atoms with van der Waals surface area (Å²) in [7, 11) is 0. The van der Waals surface area contributed by atoms with E-state index in [1.54, 1.807) is 0 Å². The predicted octanol–water partition coefficient (Wildman–Crippen LogP) is 4.02. The molecule has 0 aliphatic rings. The number of rotatable bonds is 3. The fourth-order valence-electron chi connectivity index (χ4n) is 2.34. The summed E-state index contributed by atoms with van der Waals surface area (Å²) in [5.41, 5.74) is 9.95. The van der Waals surface area contributed by atoms with Crippen molar-refractivity contribution >= 4 is 22.6 Å². The normalized spacial score (nSPS) is 14.2. The zero-order valence-electron chi connectivity index (χ0n) is 10.8. The van der Waals surface area contributed by atoms with E-state index in [0.29, 0.717) is 0 Å². The van der Waals surface area contributed by atoms with E-state index in [0.717, 1.165) is 6.42 Å². The lowest BCUT2D eigenvalue weighted by Crippen LogP contribution is -2.36. The monoisotopic (exact) mass is 351 g/mol. The van der Waals surface area contributed by atoms with E-state index in [2.05, 4.69) is 85.0 Å². The van der Waals surface area contributed by atoms with Gasteiger partial charge in [0.2, 0.25) is 0 Å². The van der Waals surface area contributed by atoms with Crippen molar-refractivity contribution in [3.05, 3.63) is 68.8 Å². The molecular weight excluding hydrogens is 333 g/mol. The number of hydrogen-bond acceptors (Lipinski definition) is 1. The van der Waals surface area contributed by atoms with Gasteiger partial charge in [-0.1, -0.05) is 36.4 Å². The lowest BCUT2D eigenvalue weighted by Gasteiger charge is -2.27. The van der Waals surface area contributed by atoms with Crippen molar-refractivity contribution in [2.24, 2.45) is 5.73 Å². The number of aryl methyl sites for hydroxylation is 1. The van der Waals surface area contributed by atoms with Crippen LogP contribution in [-0.2, 0) is 12.0 Å². The van der Waals surface area contributed by atoms with Gasteiger partial charge >= 0.3 is 0 Å². The molecule has 0 radical (unpaired) electrons. The van der Waals surface area contributed by atoms with Crippen molar-refractivity contribution in [1.82, 2.24) is 0 Å². The third kappa shape index (κ3) is 3.12. The molecular formula is C16H18IN. The molecule has 2 N–H and O–H groups in total. The molecule has 0 bridgehead atoms. The van der Waals surface area contributed by atoms with Crippen molar-refractivity contribution < 1.29 is 0 Å². The number of hydrogen-bond donors (Lipinski definition) is 1. The highest BCUT2D eigenvalue weighted by molar-refractivity contribution is 14.1. The zero-order chi connectivity index (χ0) is 13.2. The molecule has 0 aromatic heterocycles. The Morgan fingerprint density at radius 2 is 1.67 bits per heavy atom. The van der Waals surface area contributed by atoms with Crippen LogP contribution in [-0.4, -0.2) is 0 Å². The predicted molar refractivity (Wildman–Crippen MR) is 85.6 cm³/mol. The number of nitrogens with two attached hydrogens (primary N) is 1. The first-order valence-corrected chi connectivity index (χ1v) is 7.16. The Labute approximate surface area is 123 Å². The van der Waals surface area contributed by atoms with Gasteiger partial charge < -0.3 is 5.73 Å². The fraction of sp³-hybridized carbons (Fsp3) is 0.250. The molecule has 0 saturated heterocycles. The summed E-state index contributed by atoms with van der Waals surface area (Å²) >= 11 is 2.32. The van der Waals surface area contributed by atoms with Gasteiger partial charge in [-0.25, -0.2) is 0 Å². The second-order valence-corrected chi connectivity index (χ2v) is 6.28. The lowest BCUT2D eigenvalue weighted by molar-refractivity contribution is 0.488. The van der Waals surface area contributed by atoms with Crippen LogP contribution in [0.4, 0.5) is 0 Å². The average molecular weight is 351 g/mol. The Morgan fingerprint density at radius 3 is 2.28 bits per heavy atom. The molecule has 18 heavy (non-hydrogen) atoms. The lowest BCUT2D eigenvalue weighted by atomic mass is 9.84. The Morgan fingerprint density at radius 1 is 1.06 bits per heavy atom. The quantitative estimate of drug-likeness (QED) is 0.831. The minimum atomic E-state index is -0.321. The molecule has 0 aliphatic carbocycles. The number of halogens is 1. The maximum atomic E-state index is 6.51. The molecule has 2 rings (SSSR count). The van der Waals surface area contributed by atoms with Crippen molar-refractivity contribution in [3.8, 4) is 0 Å². The molecule has 1 atom stereocenters. The molecule has 2 heteroatoms. The molecule has 1 nitrogen and oxygen atoms in total. The Balaban J connectivity index is 2.27. The van der Waals surface area contributed by atoms with Crippen LogP contribution < -0.4 is 5.73 Å². The first-order valence-electron chi connectivity index (χ1n) is 6.08. The molecule has 0 amide bonds. The standard InChI is InChI=1S/C16H18IN/c1-12-5-3-4-6-15(12)16(2,18)11-13-7-9-14(17)10-8-13/h3-10H,11,18H2,1-2H3. The highest BCUT2D eigenvalue weighted by Gasteiger charge is 2.23. The van der Waals surface area contributed by atoms with Gasteiger partial charge in [0.25, 0.3) is 0 Å². The van der Waals surface area contributed by atoms with Crippen LogP contribution in [0.3, 0.4) is 0 Å². The molecule has 94 valence electrons. The van der Waals surface area contributed by atoms with E-state index in [-0.39, 0.29) is 5.54 Å². The summed E-state index contributed by atoms with van der Waals surface area (Å²) in [5, 5.41) is 0. The third-order valence-corrected chi connectivity index (χ3v) is 3.96. The largest absolute Gasteiger partial charge is 0.321 e. The maximum Gasteiger partial charge on any atom is 0.0424 e. The smallest absolute Gasteiger partial charge is 0.0424 e. The van der Waals surface area contributed by atoms with Gasteiger partial charge in [0.15, 0.2) is 0 Å². The maximum absolute atomic E-state index is 6.51. The van der Waals surface area contributed by atoms with Crippen LogP contribution in [0.2, 0.25) is 0 Å². The van der Waals surface area contributed by atoms with E-state index in [1.165, 1.54) is 20.3 Å². The van der Waals surface area contributed by atoms with Gasteiger partial charge in [0.05, 0.1) is 0 Å². The zero-order valence-corrected chi connectivity index (χ0v) is 12.9. The van der Waals surface area contributed by atoms with Gasteiger partial charge in [-0.05, 0) is 71.7 Å². The summed E-state index contributed by atoms with van der Waals surface area (Å²) in [6.07, 6.45) is 0.856. The Hall–Kier alpha value is -0.870. The minimum Gasteiger partial charge on any atom is -0.321 e. The average Bonchev–Trinajstić information content (AvgIpc) is 2.32. The molecule has 0 saturated carbocycles. The van der Waals surface area contributed by atoms with Gasteiger partial charge in [0, 0.05) is 9.11 Å². The van der Waals surface area contributed by atoms with Crippen molar-refractivity contribution in [2.45, 2.75) is 25.8 Å². The van der Waals surface area contributed by atoms with Crippen LogP contribution in [0.25, 0.3) is 0 Å². The van der Waals surface area contributed by atoms with Crippen LogP contribution >= 0.6 is 22.6 Å². The number of benzene rings is 2. The third-order valence-electron chi connectivity index (χ3n) is 3.24. The van der Waals surface area contributed by atoms with Crippen LogP contribution in [0, 0.1) is 10.5 Å². The second-order valence-electron chi connectivity index (χ2n) is 5.04.